The summed E-state index contributed by atoms with van der Waals surface area (Å²) in [5, 5.41) is 11.3. The largest absolute Gasteiger partial charge is 0.375 e. The van der Waals surface area contributed by atoms with Crippen molar-refractivity contribution in [2.45, 2.75) is 12.0 Å². The highest BCUT2D eigenvalue weighted by Crippen LogP contribution is 2.42. The van der Waals surface area contributed by atoms with Crippen molar-refractivity contribution in [3.8, 4) is 0 Å². The second-order valence-electron chi connectivity index (χ2n) is 6.97. The molecular weight excluding hydrogens is 346 g/mol. The number of quaternary nitrogens is 1. The molecule has 7 nitrogen and oxygen atoms in total. The van der Waals surface area contributed by atoms with Crippen LogP contribution in [0, 0.1) is 0 Å². The van der Waals surface area contributed by atoms with Crippen molar-refractivity contribution < 1.29 is 24.3 Å². The summed E-state index contributed by atoms with van der Waals surface area (Å²) in [4.78, 5) is 32.6. The molecule has 1 amide bonds. The van der Waals surface area contributed by atoms with Crippen LogP contribution in [0.1, 0.15) is 22.3 Å². The van der Waals surface area contributed by atoms with Gasteiger partial charge < -0.3 is 14.7 Å². The van der Waals surface area contributed by atoms with E-state index in [9.17, 15) is 14.7 Å². The highest BCUT2D eigenvalue weighted by atomic mass is 16.5. The van der Waals surface area contributed by atoms with E-state index in [0.717, 1.165) is 13.1 Å². The van der Waals surface area contributed by atoms with Gasteiger partial charge in [0.15, 0.2) is 18.1 Å². The number of fused-ring (bicyclic) bond motifs is 1. The number of carbonyl (C=O) groups is 2. The highest BCUT2D eigenvalue weighted by Gasteiger charge is 2.51. The summed E-state index contributed by atoms with van der Waals surface area (Å²) in [5.41, 5.74) is -0.314. The molecule has 0 aliphatic carbocycles. The Morgan fingerprint density at radius 1 is 1.22 bits per heavy atom. The molecule has 0 radical (unpaired) electrons. The van der Waals surface area contributed by atoms with Crippen molar-refractivity contribution in [2.75, 3.05) is 37.9 Å². The number of rotatable bonds is 5. The summed E-state index contributed by atoms with van der Waals surface area (Å²) >= 11 is 0. The summed E-state index contributed by atoms with van der Waals surface area (Å²) in [7, 11) is 0. The molecule has 1 aromatic carbocycles. The second kappa shape index (κ2) is 7.19. The van der Waals surface area contributed by atoms with Crippen LogP contribution >= 0.6 is 0 Å². The summed E-state index contributed by atoms with van der Waals surface area (Å²) in [6.45, 7) is 3.37. The van der Waals surface area contributed by atoms with Crippen molar-refractivity contribution in [1.29, 1.82) is 0 Å². The fourth-order valence-corrected chi connectivity index (χ4v) is 3.74. The van der Waals surface area contributed by atoms with Gasteiger partial charge in [0.1, 0.15) is 13.1 Å². The molecule has 2 N–H and O–H groups in total. The van der Waals surface area contributed by atoms with Gasteiger partial charge in [0.25, 0.3) is 5.91 Å². The van der Waals surface area contributed by atoms with Gasteiger partial charge in [-0.25, -0.2) is 0 Å². The van der Waals surface area contributed by atoms with Crippen molar-refractivity contribution >= 4 is 17.4 Å². The van der Waals surface area contributed by atoms with Gasteiger partial charge in [-0.1, -0.05) is 18.2 Å². The molecule has 2 aliphatic heterocycles. The van der Waals surface area contributed by atoms with Gasteiger partial charge in [0.2, 0.25) is 0 Å². The van der Waals surface area contributed by atoms with Gasteiger partial charge in [-0.2, -0.15) is 0 Å². The number of morpholine rings is 1. The van der Waals surface area contributed by atoms with E-state index in [1.807, 2.05) is 12.1 Å². The molecule has 1 saturated heterocycles. The van der Waals surface area contributed by atoms with Gasteiger partial charge in [-0.15, -0.1) is 0 Å². The second-order valence-corrected chi connectivity index (χ2v) is 6.97. The first-order valence-electron chi connectivity index (χ1n) is 9.08. The maximum Gasteiger partial charge on any atom is 0.268 e. The average Bonchev–Trinajstić information content (AvgIpc) is 2.92. The van der Waals surface area contributed by atoms with E-state index in [2.05, 4.69) is 4.98 Å². The van der Waals surface area contributed by atoms with E-state index in [1.165, 1.54) is 11.1 Å². The Labute approximate surface area is 157 Å². The van der Waals surface area contributed by atoms with Crippen molar-refractivity contribution in [3.63, 3.8) is 0 Å². The van der Waals surface area contributed by atoms with E-state index in [4.69, 9.17) is 4.74 Å². The molecule has 2 aromatic rings. The monoisotopic (exact) mass is 368 g/mol. The molecule has 3 heterocycles. The van der Waals surface area contributed by atoms with Crippen LogP contribution in [-0.4, -0.2) is 54.8 Å². The molecule has 0 unspecified atom stereocenters. The maximum atomic E-state index is 13.2. The van der Waals surface area contributed by atoms with Gasteiger partial charge >= 0.3 is 0 Å². The third-order valence-corrected chi connectivity index (χ3v) is 5.22. The number of aromatic nitrogens is 1. The predicted molar refractivity (Wildman–Crippen MR) is 97.4 cm³/mol. The molecule has 7 heteroatoms. The Kier molecular flexibility index (Phi) is 4.73. The van der Waals surface area contributed by atoms with E-state index in [-0.39, 0.29) is 12.2 Å². The topological polar surface area (TPSA) is 84.2 Å². The molecule has 140 valence electrons. The number of para-hydroxylation sites is 1. The van der Waals surface area contributed by atoms with Crippen LogP contribution in [0.2, 0.25) is 0 Å². The minimum Gasteiger partial charge on any atom is -0.375 e. The number of nitrogens with zero attached hydrogens (tertiary/aromatic N) is 2. The van der Waals surface area contributed by atoms with Crippen LogP contribution in [0.15, 0.2) is 48.8 Å². The number of ketones is 1. The number of carbonyl (C=O) groups excluding carboxylic acids is 2. The molecular formula is C20H22N3O4+. The number of pyridine rings is 1. The molecule has 1 fully saturated rings. The standard InChI is InChI=1S/C20H21N3O4/c24-18(15-4-3-7-21-13-15)12-20(26)16-5-1-2-6-17(16)23(19(20)25)14-22-8-10-27-11-9-22/h1-7,13,26H,8-12,14H2/p+1/t20-/m0/s1. The normalized spacial score (nSPS) is 22.7. The molecule has 1 atom stereocenters. The quantitative estimate of drug-likeness (QED) is 0.712. The smallest absolute Gasteiger partial charge is 0.268 e. The summed E-state index contributed by atoms with van der Waals surface area (Å²) < 4.78 is 5.38. The Bertz CT molecular complexity index is 851. The lowest BCUT2D eigenvalue weighted by atomic mass is 9.88. The number of aliphatic hydroxyl groups is 1. The predicted octanol–water partition coefficient (Wildman–Crippen LogP) is -0.239. The van der Waals surface area contributed by atoms with Crippen LogP contribution in [0.5, 0.6) is 0 Å². The van der Waals surface area contributed by atoms with Crippen LogP contribution in [0.3, 0.4) is 0 Å². The first-order chi connectivity index (χ1) is 13.1. The number of Topliss-reactive ketones (excluding diaryl/α,β-unsaturated/α-hetero) is 1. The fourth-order valence-electron chi connectivity index (χ4n) is 3.74. The number of anilines is 1. The van der Waals surface area contributed by atoms with Gasteiger partial charge in [0, 0.05) is 23.5 Å². The van der Waals surface area contributed by atoms with E-state index in [0.29, 0.717) is 36.7 Å². The molecule has 4 rings (SSSR count). The number of benzene rings is 1. The van der Waals surface area contributed by atoms with Crippen molar-refractivity contribution in [3.05, 3.63) is 59.9 Å². The SMILES string of the molecule is O=C(C[C@@]1(O)C(=O)N(C[NH+]2CCOCC2)c2ccccc21)c1cccnc1. The van der Waals surface area contributed by atoms with Crippen LogP contribution in [0.25, 0.3) is 0 Å². The zero-order valence-corrected chi connectivity index (χ0v) is 14.9. The number of hydrogen-bond acceptors (Lipinski definition) is 5. The lowest BCUT2D eigenvalue weighted by molar-refractivity contribution is -0.906. The zero-order valence-electron chi connectivity index (χ0n) is 14.9. The minimum atomic E-state index is -1.85. The Balaban J connectivity index is 1.62. The number of hydrogen-bond donors (Lipinski definition) is 2. The van der Waals surface area contributed by atoms with E-state index in [1.54, 1.807) is 35.4 Å². The first-order valence-corrected chi connectivity index (χ1v) is 9.08. The molecule has 2 aliphatic rings. The molecule has 1 aromatic heterocycles. The van der Waals surface area contributed by atoms with E-state index >= 15 is 0 Å². The molecule has 0 saturated carbocycles. The van der Waals surface area contributed by atoms with Gasteiger partial charge in [0.05, 0.1) is 25.3 Å². The van der Waals surface area contributed by atoms with Crippen LogP contribution in [0.4, 0.5) is 5.69 Å². The van der Waals surface area contributed by atoms with Gasteiger partial charge in [-0.3, -0.25) is 19.5 Å². The molecule has 0 spiro atoms. The summed E-state index contributed by atoms with van der Waals surface area (Å²) in [6, 6.07) is 10.5. The van der Waals surface area contributed by atoms with E-state index < -0.39 is 11.5 Å². The average molecular weight is 368 g/mol. The molecule has 0 bridgehead atoms. The van der Waals surface area contributed by atoms with Crippen LogP contribution < -0.4 is 9.80 Å². The lowest BCUT2D eigenvalue weighted by Crippen LogP contribution is -3.15. The van der Waals surface area contributed by atoms with Gasteiger partial charge in [-0.05, 0) is 18.2 Å². The van der Waals surface area contributed by atoms with Crippen molar-refractivity contribution in [1.82, 2.24) is 4.98 Å². The Morgan fingerprint density at radius 2 is 2.00 bits per heavy atom. The number of ether oxygens (including phenoxy) is 1. The highest BCUT2D eigenvalue weighted by molar-refractivity contribution is 6.10. The number of amides is 1. The lowest BCUT2D eigenvalue weighted by Gasteiger charge is -2.29. The fraction of sp³-hybridized carbons (Fsp3) is 0.350. The number of nitrogens with one attached hydrogen (secondary N) is 1. The van der Waals surface area contributed by atoms with Crippen molar-refractivity contribution in [2.24, 2.45) is 0 Å². The minimum absolute atomic E-state index is 0.302. The zero-order chi connectivity index (χ0) is 18.9. The summed E-state index contributed by atoms with van der Waals surface area (Å²) in [6.07, 6.45) is 2.73. The first kappa shape index (κ1) is 17.8. The third-order valence-electron chi connectivity index (χ3n) is 5.22. The van der Waals surface area contributed by atoms with Crippen LogP contribution in [-0.2, 0) is 15.1 Å². The Hall–Kier alpha value is -2.61. The maximum absolute atomic E-state index is 13.2. The summed E-state index contributed by atoms with van der Waals surface area (Å²) in [5.74, 6) is -0.755. The third kappa shape index (κ3) is 3.25. The Morgan fingerprint density at radius 3 is 2.74 bits per heavy atom. The molecule has 27 heavy (non-hydrogen) atoms.